The van der Waals surface area contributed by atoms with Crippen LogP contribution in [0.1, 0.15) is 44.5 Å². The van der Waals surface area contributed by atoms with E-state index < -0.39 is 10.8 Å². The van der Waals surface area contributed by atoms with Crippen molar-refractivity contribution in [3.8, 4) is 67.0 Å². The zero-order valence-corrected chi connectivity index (χ0v) is 73.1. The summed E-state index contributed by atoms with van der Waals surface area (Å²) in [6, 6.07) is 186. The number of furan rings is 2. The normalized spacial score (nSPS) is 12.7. The van der Waals surface area contributed by atoms with Crippen LogP contribution in [0.3, 0.4) is 0 Å². The lowest BCUT2D eigenvalue weighted by Gasteiger charge is -2.34. The number of anilines is 6. The molecule has 0 fully saturated rings. The molecule has 27 rings (SSSR count). The molecule has 25 aromatic rings. The van der Waals surface area contributed by atoms with Crippen molar-refractivity contribution < 1.29 is 8.83 Å². The van der Waals surface area contributed by atoms with Crippen molar-refractivity contribution in [2.45, 2.75) is 10.8 Å². The largest absolute Gasteiger partial charge is 0.456 e. The van der Waals surface area contributed by atoms with E-state index in [1.54, 1.807) is 0 Å². The molecule has 0 bridgehead atoms. The number of nitrogens with zero attached hydrogens (tertiary/aromatic N) is 4. The second-order valence-corrected chi connectivity index (χ2v) is 35.2. The van der Waals surface area contributed by atoms with Crippen LogP contribution in [0.15, 0.2) is 518 Å². The van der Waals surface area contributed by atoms with Gasteiger partial charge in [0.05, 0.1) is 32.9 Å². The second-order valence-electron chi connectivity index (χ2n) is 35.2. The molecule has 0 spiro atoms. The maximum absolute atomic E-state index is 6.23. The molecule has 0 aliphatic heterocycles. The Balaban J connectivity index is 0.000000140. The molecule has 6 nitrogen and oxygen atoms in total. The highest BCUT2D eigenvalue weighted by Gasteiger charge is 2.48. The summed E-state index contributed by atoms with van der Waals surface area (Å²) in [4.78, 5) is 4.78. The Morgan fingerprint density at radius 2 is 0.425 bits per heavy atom. The highest BCUT2D eigenvalue weighted by molar-refractivity contribution is 6.12. The first-order valence-corrected chi connectivity index (χ1v) is 46.1. The summed E-state index contributed by atoms with van der Waals surface area (Å²) in [6.45, 7) is 0. The molecule has 4 aromatic heterocycles. The minimum absolute atomic E-state index is 0.475. The molecule has 2 aliphatic rings. The maximum atomic E-state index is 6.23. The number of fused-ring (bicyclic) bond motifs is 18. The van der Waals surface area contributed by atoms with Gasteiger partial charge in [-0.25, -0.2) is 0 Å². The van der Waals surface area contributed by atoms with Crippen molar-refractivity contribution in [3.05, 3.63) is 554 Å². The van der Waals surface area contributed by atoms with Gasteiger partial charge in [0.2, 0.25) is 0 Å². The SMILES string of the molecule is c1ccc(C2(c3ccc(N(c4ccc(-c5ccc(-n6c7ccccc7c7ccccc76)cc5)cc4)c4cccc(-c5ccc6oc7ccccc7c6c5)c4)cc3)c3ccccc3-c3ccccc32)cc1.c1ccc(C2(c3ccc(N(c4ccc(-n5c6ccccc6c6ccccc65)cc4)c4cccc(-c5ccc6oc7ccccc7c6c5)c4)cc3)c3ccccc3-c3ccccc32)cc1. The standard InChI is InChI=1S/C67H44N2O.C61H40N2O/c1-2-16-49(17-3-1)67(61-24-9-4-19-55(61)56-20-5-10-25-62(56)67)50-34-40-52(41-35-50)68(54-18-14-15-47(43-54)48-33-42-66-60(44-48)59-23-8-13-28-65(59)70-66)51-36-29-45(30-37-51)46-31-38-53(39-32-46)69-63-26-11-6-21-57(63)58-22-7-12-27-64(58)69;1-2-16-43(17-3-1)61(55-24-9-4-19-49(55)50-20-5-10-25-56(50)61)44-30-32-45(33-31-44)62(46-34-36-47(37-35-46)63-57-26-11-6-21-51(57)52-22-7-12-27-58(52)63)48-18-14-15-41(39-48)42-29-38-60-54(40-42)53-23-8-13-28-59(53)64-60/h1-44H;1-40H. The van der Waals surface area contributed by atoms with Crippen LogP contribution < -0.4 is 9.80 Å². The molecule has 2 aliphatic carbocycles. The van der Waals surface area contributed by atoms with Gasteiger partial charge in [0.1, 0.15) is 22.3 Å². The van der Waals surface area contributed by atoms with Crippen LogP contribution in [0.2, 0.25) is 0 Å². The Labute approximate surface area is 775 Å². The first-order valence-electron chi connectivity index (χ1n) is 46.1. The first kappa shape index (κ1) is 77.5. The van der Waals surface area contributed by atoms with Gasteiger partial charge in [0.15, 0.2) is 0 Å². The van der Waals surface area contributed by atoms with E-state index in [4.69, 9.17) is 8.83 Å². The molecular weight excluding hydrogens is 1630 g/mol. The Morgan fingerprint density at radius 3 is 0.791 bits per heavy atom. The zero-order valence-electron chi connectivity index (χ0n) is 73.1. The van der Waals surface area contributed by atoms with Crippen LogP contribution in [0.25, 0.3) is 154 Å². The summed E-state index contributed by atoms with van der Waals surface area (Å²) in [5.41, 5.74) is 38.4. The number of hydrogen-bond acceptors (Lipinski definition) is 4. The molecule has 0 saturated heterocycles. The number of rotatable bonds is 15. The summed E-state index contributed by atoms with van der Waals surface area (Å²) in [6.07, 6.45) is 0. The Bertz CT molecular complexity index is 8670. The molecule has 0 unspecified atom stereocenters. The second kappa shape index (κ2) is 31.7. The van der Waals surface area contributed by atoms with Crippen molar-refractivity contribution in [3.63, 3.8) is 0 Å². The van der Waals surface area contributed by atoms with Crippen LogP contribution in [0.4, 0.5) is 34.1 Å². The number of aromatic nitrogens is 2. The van der Waals surface area contributed by atoms with E-state index in [1.807, 2.05) is 24.3 Å². The molecule has 0 saturated carbocycles. The monoisotopic (exact) mass is 1710 g/mol. The minimum Gasteiger partial charge on any atom is -0.456 e. The summed E-state index contributed by atoms with van der Waals surface area (Å²) < 4.78 is 17.2. The fourth-order valence-corrected chi connectivity index (χ4v) is 22.3. The van der Waals surface area contributed by atoms with E-state index in [0.717, 1.165) is 117 Å². The van der Waals surface area contributed by atoms with E-state index in [0.29, 0.717) is 0 Å². The van der Waals surface area contributed by atoms with E-state index >= 15 is 0 Å². The van der Waals surface area contributed by atoms with Gasteiger partial charge in [-0.2, -0.15) is 0 Å². The molecule has 0 amide bonds. The van der Waals surface area contributed by atoms with E-state index in [2.05, 4.69) is 504 Å². The lowest BCUT2D eigenvalue weighted by molar-refractivity contribution is 0.668. The summed E-state index contributed by atoms with van der Waals surface area (Å²) in [7, 11) is 0. The lowest BCUT2D eigenvalue weighted by Crippen LogP contribution is -2.28. The van der Waals surface area contributed by atoms with E-state index in [9.17, 15) is 0 Å². The summed E-state index contributed by atoms with van der Waals surface area (Å²) in [5, 5.41) is 9.52. The number of benzene rings is 21. The van der Waals surface area contributed by atoms with Gasteiger partial charge in [-0.05, 0) is 258 Å². The predicted molar refractivity (Wildman–Crippen MR) is 556 cm³/mol. The molecule has 0 N–H and O–H groups in total. The average Bonchev–Trinajstić information content (AvgIpc) is 1.54. The first-order chi connectivity index (χ1) is 66.4. The van der Waals surface area contributed by atoms with Crippen LogP contribution in [-0.4, -0.2) is 9.13 Å². The van der Waals surface area contributed by atoms with Crippen LogP contribution in [0.5, 0.6) is 0 Å². The van der Waals surface area contributed by atoms with Gasteiger partial charge in [0.25, 0.3) is 0 Å². The summed E-state index contributed by atoms with van der Waals surface area (Å²) in [5.74, 6) is 0. The van der Waals surface area contributed by atoms with Crippen molar-refractivity contribution >= 4 is 122 Å². The van der Waals surface area contributed by atoms with Gasteiger partial charge >= 0.3 is 0 Å². The van der Waals surface area contributed by atoms with Gasteiger partial charge in [0, 0.05) is 88.6 Å². The van der Waals surface area contributed by atoms with Crippen LogP contribution in [0, 0.1) is 0 Å². The molecule has 6 heteroatoms. The Hall–Kier alpha value is -17.6. The third-order valence-corrected chi connectivity index (χ3v) is 28.2. The third kappa shape index (κ3) is 12.4. The van der Waals surface area contributed by atoms with Crippen molar-refractivity contribution in [2.24, 2.45) is 0 Å². The van der Waals surface area contributed by atoms with E-state index in [-0.39, 0.29) is 0 Å². The van der Waals surface area contributed by atoms with Crippen molar-refractivity contribution in [1.82, 2.24) is 9.13 Å². The lowest BCUT2D eigenvalue weighted by atomic mass is 9.68. The zero-order chi connectivity index (χ0) is 88.4. The van der Waals surface area contributed by atoms with Gasteiger partial charge in [-0.15, -0.1) is 0 Å². The molecule has 0 radical (unpaired) electrons. The van der Waals surface area contributed by atoms with Gasteiger partial charge in [-0.1, -0.05) is 352 Å². The molecule has 4 heterocycles. The third-order valence-electron chi connectivity index (χ3n) is 28.2. The molecule has 134 heavy (non-hydrogen) atoms. The smallest absolute Gasteiger partial charge is 0.135 e. The van der Waals surface area contributed by atoms with Crippen molar-refractivity contribution in [1.29, 1.82) is 0 Å². The van der Waals surface area contributed by atoms with Crippen LogP contribution in [-0.2, 0) is 10.8 Å². The average molecular weight is 1710 g/mol. The fourth-order valence-electron chi connectivity index (χ4n) is 22.3. The Kier molecular flexibility index (Phi) is 18.3. The number of para-hydroxylation sites is 6. The van der Waals surface area contributed by atoms with Crippen molar-refractivity contribution in [2.75, 3.05) is 9.80 Å². The minimum atomic E-state index is -0.480. The molecule has 0 atom stereocenters. The van der Waals surface area contributed by atoms with E-state index in [1.165, 1.54) is 116 Å². The molecule has 628 valence electrons. The van der Waals surface area contributed by atoms with Gasteiger partial charge < -0.3 is 27.8 Å². The predicted octanol–water partition coefficient (Wildman–Crippen LogP) is 34.0. The fraction of sp³-hybridized carbons (Fsp3) is 0.0156. The van der Waals surface area contributed by atoms with Gasteiger partial charge in [-0.3, -0.25) is 0 Å². The molecular formula is C128H84N4O2. The maximum Gasteiger partial charge on any atom is 0.135 e. The summed E-state index contributed by atoms with van der Waals surface area (Å²) >= 11 is 0. The van der Waals surface area contributed by atoms with Crippen LogP contribution >= 0.6 is 0 Å². The number of hydrogen-bond donors (Lipinski definition) is 0. The highest BCUT2D eigenvalue weighted by Crippen LogP contribution is 2.59. The Morgan fingerprint density at radius 1 is 0.164 bits per heavy atom. The highest BCUT2D eigenvalue weighted by atomic mass is 16.3. The quantitative estimate of drug-likeness (QED) is 0.103. The molecule has 21 aromatic carbocycles. The topological polar surface area (TPSA) is 42.6 Å².